The second kappa shape index (κ2) is 7.22. The fourth-order valence-electron chi connectivity index (χ4n) is 1.82. The Morgan fingerprint density at radius 1 is 1.30 bits per heavy atom. The van der Waals surface area contributed by atoms with Gasteiger partial charge in [0, 0.05) is 16.7 Å². The monoisotopic (exact) mass is 307 g/mol. The van der Waals surface area contributed by atoms with E-state index in [1.807, 2.05) is 20.8 Å². The summed E-state index contributed by atoms with van der Waals surface area (Å²) in [5, 5.41) is 3.21. The molecule has 6 heteroatoms. The molecule has 0 bridgehead atoms. The third-order valence-corrected chi connectivity index (χ3v) is 4.47. The highest BCUT2D eigenvalue weighted by Gasteiger charge is 2.31. The second-order valence-electron chi connectivity index (χ2n) is 4.95. The average molecular weight is 307 g/mol. The molecule has 1 aromatic rings. The smallest absolute Gasteiger partial charge is 0.313 e. The van der Waals surface area contributed by atoms with Crippen molar-refractivity contribution in [3.05, 3.63) is 29.8 Å². The maximum absolute atomic E-state index is 12.6. The van der Waals surface area contributed by atoms with Crippen LogP contribution in [0.1, 0.15) is 26.3 Å². The van der Waals surface area contributed by atoms with Gasteiger partial charge in [0.1, 0.15) is 0 Å². The van der Waals surface area contributed by atoms with Crippen LogP contribution in [0.15, 0.2) is 29.2 Å². The lowest BCUT2D eigenvalue weighted by molar-refractivity contribution is -0.137. The van der Waals surface area contributed by atoms with Crippen LogP contribution in [-0.2, 0) is 17.0 Å². The zero-order valence-corrected chi connectivity index (χ0v) is 12.6. The van der Waals surface area contributed by atoms with Gasteiger partial charge in [-0.3, -0.25) is 4.21 Å². The summed E-state index contributed by atoms with van der Waals surface area (Å²) in [5.74, 6) is 0.581. The number of halogens is 3. The highest BCUT2D eigenvalue weighted by molar-refractivity contribution is 7.85. The van der Waals surface area contributed by atoms with Crippen LogP contribution in [0.25, 0.3) is 0 Å². The van der Waals surface area contributed by atoms with Gasteiger partial charge in [0.25, 0.3) is 0 Å². The standard InChI is InChI=1S/C14H20F3NOS/c1-4-18-13(10(2)3)9-20(19)12-7-5-6-11(8-12)14(15,16)17/h5-8,10,13,18H,4,9H2,1-3H3. The molecule has 20 heavy (non-hydrogen) atoms. The van der Waals surface area contributed by atoms with Gasteiger partial charge in [-0.25, -0.2) is 0 Å². The first-order chi connectivity index (χ1) is 9.25. The Labute approximate surface area is 120 Å². The van der Waals surface area contributed by atoms with Gasteiger partial charge in [-0.15, -0.1) is 0 Å². The van der Waals surface area contributed by atoms with Crippen molar-refractivity contribution in [2.75, 3.05) is 12.3 Å². The Bertz CT molecular complexity index is 460. The van der Waals surface area contributed by atoms with Crippen molar-refractivity contribution in [3.63, 3.8) is 0 Å². The summed E-state index contributed by atoms with van der Waals surface area (Å²) in [5.41, 5.74) is -0.757. The van der Waals surface area contributed by atoms with Crippen molar-refractivity contribution in [2.24, 2.45) is 5.92 Å². The molecule has 2 unspecified atom stereocenters. The molecule has 0 aliphatic rings. The molecule has 2 nitrogen and oxygen atoms in total. The molecule has 0 aliphatic carbocycles. The van der Waals surface area contributed by atoms with Gasteiger partial charge in [0.2, 0.25) is 0 Å². The molecule has 0 fully saturated rings. The van der Waals surface area contributed by atoms with Crippen LogP contribution in [0.3, 0.4) is 0 Å². The molecule has 0 saturated carbocycles. The van der Waals surface area contributed by atoms with Crippen molar-refractivity contribution in [2.45, 2.75) is 37.9 Å². The van der Waals surface area contributed by atoms with E-state index in [1.165, 1.54) is 12.1 Å². The molecule has 1 rings (SSSR count). The molecule has 114 valence electrons. The molecule has 0 spiro atoms. The summed E-state index contributed by atoms with van der Waals surface area (Å²) in [6.07, 6.45) is -4.40. The molecular weight excluding hydrogens is 287 g/mol. The number of rotatable bonds is 6. The Balaban J connectivity index is 2.87. The van der Waals surface area contributed by atoms with E-state index in [1.54, 1.807) is 0 Å². The molecule has 1 aromatic carbocycles. The summed E-state index contributed by atoms with van der Waals surface area (Å²) in [6, 6.07) is 4.77. The van der Waals surface area contributed by atoms with Crippen LogP contribution in [0.2, 0.25) is 0 Å². The Morgan fingerprint density at radius 2 is 1.95 bits per heavy atom. The lowest BCUT2D eigenvalue weighted by atomic mass is 10.1. The van der Waals surface area contributed by atoms with Crippen LogP contribution in [-0.4, -0.2) is 22.5 Å². The SMILES string of the molecule is CCNC(CS(=O)c1cccc(C(F)(F)F)c1)C(C)C. The van der Waals surface area contributed by atoms with E-state index in [0.29, 0.717) is 5.75 Å². The van der Waals surface area contributed by atoms with E-state index in [-0.39, 0.29) is 16.9 Å². The molecule has 0 radical (unpaired) electrons. The first-order valence-corrected chi connectivity index (χ1v) is 7.86. The highest BCUT2D eigenvalue weighted by Crippen LogP contribution is 2.30. The number of hydrogen-bond acceptors (Lipinski definition) is 2. The molecule has 1 N–H and O–H groups in total. The largest absolute Gasteiger partial charge is 0.416 e. The third-order valence-electron chi connectivity index (χ3n) is 3.03. The quantitative estimate of drug-likeness (QED) is 0.872. The summed E-state index contributed by atoms with van der Waals surface area (Å²) >= 11 is 0. The van der Waals surface area contributed by atoms with Gasteiger partial charge < -0.3 is 5.32 Å². The van der Waals surface area contributed by atoms with Gasteiger partial charge in [-0.05, 0) is 30.7 Å². The predicted octanol–water partition coefficient (Wildman–Crippen LogP) is 3.45. The maximum Gasteiger partial charge on any atom is 0.416 e. The first-order valence-electron chi connectivity index (χ1n) is 6.54. The summed E-state index contributed by atoms with van der Waals surface area (Å²) in [7, 11) is -1.44. The van der Waals surface area contributed by atoms with Gasteiger partial charge in [0.15, 0.2) is 0 Å². The second-order valence-corrected chi connectivity index (χ2v) is 6.44. The third kappa shape index (κ3) is 4.90. The Morgan fingerprint density at radius 3 is 2.45 bits per heavy atom. The van der Waals surface area contributed by atoms with E-state index < -0.39 is 22.5 Å². The normalized spacial score (nSPS) is 15.3. The first kappa shape index (κ1) is 17.2. The minimum atomic E-state index is -4.40. The number of nitrogens with one attached hydrogen (secondary N) is 1. The molecule has 0 saturated heterocycles. The molecular formula is C14H20F3NOS. The van der Waals surface area contributed by atoms with Crippen molar-refractivity contribution >= 4 is 10.8 Å². The summed E-state index contributed by atoms with van der Waals surface area (Å²) in [4.78, 5) is 0.225. The van der Waals surface area contributed by atoms with Crippen molar-refractivity contribution in [1.29, 1.82) is 0 Å². The zero-order chi connectivity index (χ0) is 15.3. The van der Waals surface area contributed by atoms with E-state index in [4.69, 9.17) is 0 Å². The zero-order valence-electron chi connectivity index (χ0n) is 11.8. The molecule has 0 aliphatic heterocycles. The Hall–Kier alpha value is -0.880. The molecule has 0 heterocycles. The van der Waals surface area contributed by atoms with Crippen molar-refractivity contribution in [1.82, 2.24) is 5.32 Å². The van der Waals surface area contributed by atoms with Gasteiger partial charge in [0.05, 0.1) is 16.4 Å². The maximum atomic E-state index is 12.6. The van der Waals surface area contributed by atoms with Crippen LogP contribution in [0.5, 0.6) is 0 Å². The lowest BCUT2D eigenvalue weighted by Crippen LogP contribution is -2.38. The molecule has 2 atom stereocenters. The van der Waals surface area contributed by atoms with E-state index >= 15 is 0 Å². The van der Waals surface area contributed by atoms with Gasteiger partial charge in [-0.2, -0.15) is 13.2 Å². The minimum absolute atomic E-state index is 0.0235. The van der Waals surface area contributed by atoms with Crippen LogP contribution < -0.4 is 5.32 Å². The topological polar surface area (TPSA) is 29.1 Å². The van der Waals surface area contributed by atoms with Crippen LogP contribution in [0, 0.1) is 5.92 Å². The average Bonchev–Trinajstić information content (AvgIpc) is 2.37. The van der Waals surface area contributed by atoms with Crippen LogP contribution in [0.4, 0.5) is 13.2 Å². The van der Waals surface area contributed by atoms with Gasteiger partial charge >= 0.3 is 6.18 Å². The predicted molar refractivity (Wildman–Crippen MR) is 75.0 cm³/mol. The highest BCUT2D eigenvalue weighted by atomic mass is 32.2. The van der Waals surface area contributed by atoms with Crippen molar-refractivity contribution < 1.29 is 17.4 Å². The molecule has 0 amide bonds. The van der Waals surface area contributed by atoms with E-state index in [9.17, 15) is 17.4 Å². The molecule has 0 aromatic heterocycles. The van der Waals surface area contributed by atoms with Crippen molar-refractivity contribution in [3.8, 4) is 0 Å². The van der Waals surface area contributed by atoms with Gasteiger partial charge in [-0.1, -0.05) is 26.8 Å². The lowest BCUT2D eigenvalue weighted by Gasteiger charge is -2.21. The fourth-order valence-corrected chi connectivity index (χ4v) is 3.33. The number of alkyl halides is 3. The Kier molecular flexibility index (Phi) is 6.20. The van der Waals surface area contributed by atoms with E-state index in [2.05, 4.69) is 5.32 Å². The number of benzene rings is 1. The summed E-state index contributed by atoms with van der Waals surface area (Å²) < 4.78 is 50.1. The summed E-state index contributed by atoms with van der Waals surface area (Å²) in [6.45, 7) is 6.68. The number of hydrogen-bond donors (Lipinski definition) is 1. The van der Waals surface area contributed by atoms with E-state index in [0.717, 1.165) is 18.7 Å². The fraction of sp³-hybridized carbons (Fsp3) is 0.571. The minimum Gasteiger partial charge on any atom is -0.313 e. The van der Waals surface area contributed by atoms with Crippen LogP contribution >= 0.6 is 0 Å².